The summed E-state index contributed by atoms with van der Waals surface area (Å²) in [6.45, 7) is 3.26. The fourth-order valence-electron chi connectivity index (χ4n) is 2.49. The zero-order chi connectivity index (χ0) is 13.8. The van der Waals surface area contributed by atoms with Gasteiger partial charge in [-0.25, -0.2) is 4.68 Å². The molecule has 110 valence electrons. The van der Waals surface area contributed by atoms with E-state index >= 15 is 0 Å². The maximum atomic E-state index is 11.9. The molecule has 0 saturated carbocycles. The number of rotatable bonds is 5. The highest BCUT2D eigenvalue weighted by Crippen LogP contribution is 2.15. The van der Waals surface area contributed by atoms with Gasteiger partial charge in [0.05, 0.1) is 18.3 Å². The van der Waals surface area contributed by atoms with E-state index in [9.17, 15) is 4.79 Å². The Morgan fingerprint density at radius 2 is 2.40 bits per heavy atom. The van der Waals surface area contributed by atoms with Gasteiger partial charge in [0.25, 0.3) is 5.91 Å². The van der Waals surface area contributed by atoms with Crippen molar-refractivity contribution in [2.24, 2.45) is 0 Å². The molecule has 2 aliphatic heterocycles. The summed E-state index contributed by atoms with van der Waals surface area (Å²) in [5.74, 6) is -0.153. The van der Waals surface area contributed by atoms with Crippen molar-refractivity contribution in [1.82, 2.24) is 25.6 Å². The molecule has 2 saturated heterocycles. The predicted molar refractivity (Wildman–Crippen MR) is 72.5 cm³/mol. The minimum atomic E-state index is -0.153. The normalized spacial score (nSPS) is 23.3. The molecule has 0 aliphatic carbocycles. The lowest BCUT2D eigenvalue weighted by atomic mass is 10.1. The van der Waals surface area contributed by atoms with Gasteiger partial charge in [-0.3, -0.25) is 4.79 Å². The molecule has 0 aromatic carbocycles. The smallest absolute Gasteiger partial charge is 0.273 e. The van der Waals surface area contributed by atoms with Crippen LogP contribution in [0.5, 0.6) is 0 Å². The molecule has 0 radical (unpaired) electrons. The van der Waals surface area contributed by atoms with Gasteiger partial charge in [-0.2, -0.15) is 0 Å². The quantitative estimate of drug-likeness (QED) is 0.799. The van der Waals surface area contributed by atoms with Crippen LogP contribution in [0.4, 0.5) is 0 Å². The summed E-state index contributed by atoms with van der Waals surface area (Å²) in [5, 5.41) is 14.0. The molecule has 2 aliphatic rings. The minimum Gasteiger partial charge on any atom is -0.378 e. The number of carbonyl (C=O) groups excluding carboxylic acids is 1. The van der Waals surface area contributed by atoms with E-state index in [1.54, 1.807) is 10.9 Å². The molecule has 20 heavy (non-hydrogen) atoms. The highest BCUT2D eigenvalue weighted by atomic mass is 16.5. The van der Waals surface area contributed by atoms with E-state index in [1.807, 2.05) is 0 Å². The van der Waals surface area contributed by atoms with E-state index in [4.69, 9.17) is 4.74 Å². The van der Waals surface area contributed by atoms with Gasteiger partial charge in [0.2, 0.25) is 0 Å². The summed E-state index contributed by atoms with van der Waals surface area (Å²) in [6.07, 6.45) is 6.36. The first kappa shape index (κ1) is 13.5. The van der Waals surface area contributed by atoms with E-state index in [2.05, 4.69) is 20.9 Å². The van der Waals surface area contributed by atoms with Crippen molar-refractivity contribution in [3.05, 3.63) is 11.9 Å². The van der Waals surface area contributed by atoms with Crippen LogP contribution in [0.3, 0.4) is 0 Å². The molecule has 0 bridgehead atoms. The predicted octanol–water partition coefficient (Wildman–Crippen LogP) is 0.111. The second kappa shape index (κ2) is 6.32. The molecule has 3 rings (SSSR count). The van der Waals surface area contributed by atoms with Gasteiger partial charge in [0.1, 0.15) is 0 Å². The standard InChI is InChI=1S/C13H21N5O2/c19-13(15-5-4-11-3-1-2-6-20-11)12-9-18(17-16-12)10-7-14-8-10/h9-11,14H,1-8H2,(H,15,19). The van der Waals surface area contributed by atoms with Gasteiger partial charge in [-0.05, 0) is 25.7 Å². The van der Waals surface area contributed by atoms with Crippen LogP contribution in [0.1, 0.15) is 42.2 Å². The van der Waals surface area contributed by atoms with Crippen LogP contribution in [0.25, 0.3) is 0 Å². The zero-order valence-corrected chi connectivity index (χ0v) is 11.5. The van der Waals surface area contributed by atoms with E-state index in [0.29, 0.717) is 24.4 Å². The number of ether oxygens (including phenoxy) is 1. The van der Waals surface area contributed by atoms with Crippen molar-refractivity contribution in [3.63, 3.8) is 0 Å². The number of hydrogen-bond acceptors (Lipinski definition) is 5. The average molecular weight is 279 g/mol. The van der Waals surface area contributed by atoms with Crippen LogP contribution < -0.4 is 10.6 Å². The number of hydrogen-bond donors (Lipinski definition) is 2. The molecule has 2 N–H and O–H groups in total. The molecule has 1 amide bonds. The van der Waals surface area contributed by atoms with Gasteiger partial charge in [0.15, 0.2) is 5.69 Å². The SMILES string of the molecule is O=C(NCCC1CCCCO1)c1cn(C2CNC2)nn1. The number of nitrogens with one attached hydrogen (secondary N) is 2. The van der Waals surface area contributed by atoms with Crippen molar-refractivity contribution < 1.29 is 9.53 Å². The van der Waals surface area contributed by atoms with Crippen LogP contribution in [0.15, 0.2) is 6.20 Å². The molecular formula is C13H21N5O2. The molecule has 2 fully saturated rings. The van der Waals surface area contributed by atoms with Crippen molar-refractivity contribution in [2.45, 2.75) is 37.8 Å². The van der Waals surface area contributed by atoms with Gasteiger partial charge in [0, 0.05) is 26.2 Å². The number of amides is 1. The van der Waals surface area contributed by atoms with Crippen molar-refractivity contribution in [2.75, 3.05) is 26.2 Å². The van der Waals surface area contributed by atoms with E-state index in [0.717, 1.165) is 39.0 Å². The lowest BCUT2D eigenvalue weighted by Gasteiger charge is -2.26. The summed E-state index contributed by atoms with van der Waals surface area (Å²) in [4.78, 5) is 11.9. The van der Waals surface area contributed by atoms with Gasteiger partial charge in [-0.1, -0.05) is 5.21 Å². The van der Waals surface area contributed by atoms with Crippen LogP contribution in [0.2, 0.25) is 0 Å². The molecule has 7 heteroatoms. The Hall–Kier alpha value is -1.47. The van der Waals surface area contributed by atoms with Crippen molar-refractivity contribution in [1.29, 1.82) is 0 Å². The Balaban J connectivity index is 1.42. The third kappa shape index (κ3) is 3.16. The molecule has 3 heterocycles. The molecule has 1 aromatic rings. The summed E-state index contributed by atoms with van der Waals surface area (Å²) in [7, 11) is 0. The maximum Gasteiger partial charge on any atom is 0.273 e. The van der Waals surface area contributed by atoms with E-state index in [-0.39, 0.29) is 5.91 Å². The molecule has 0 spiro atoms. The molecule has 1 atom stereocenters. The van der Waals surface area contributed by atoms with Crippen LogP contribution in [0, 0.1) is 0 Å². The molecular weight excluding hydrogens is 258 g/mol. The Labute approximate surface area is 118 Å². The van der Waals surface area contributed by atoms with Crippen LogP contribution in [-0.4, -0.2) is 53.2 Å². The molecule has 1 aromatic heterocycles. The Bertz CT molecular complexity index is 451. The zero-order valence-electron chi connectivity index (χ0n) is 11.5. The fourth-order valence-corrected chi connectivity index (χ4v) is 2.49. The lowest BCUT2D eigenvalue weighted by Crippen LogP contribution is -2.43. The Morgan fingerprint density at radius 3 is 3.10 bits per heavy atom. The highest BCUT2D eigenvalue weighted by molar-refractivity contribution is 5.91. The summed E-state index contributed by atoms with van der Waals surface area (Å²) in [5.41, 5.74) is 0.390. The third-order valence-corrected chi connectivity index (χ3v) is 3.90. The summed E-state index contributed by atoms with van der Waals surface area (Å²) in [6, 6.07) is 0.333. The van der Waals surface area contributed by atoms with E-state index < -0.39 is 0 Å². The monoisotopic (exact) mass is 279 g/mol. The largest absolute Gasteiger partial charge is 0.378 e. The van der Waals surface area contributed by atoms with Gasteiger partial charge in [-0.15, -0.1) is 5.10 Å². The van der Waals surface area contributed by atoms with Gasteiger partial charge >= 0.3 is 0 Å². The second-order valence-corrected chi connectivity index (χ2v) is 5.43. The van der Waals surface area contributed by atoms with Crippen molar-refractivity contribution in [3.8, 4) is 0 Å². The number of nitrogens with zero attached hydrogens (tertiary/aromatic N) is 3. The first-order valence-electron chi connectivity index (χ1n) is 7.35. The maximum absolute atomic E-state index is 11.9. The average Bonchev–Trinajstić information content (AvgIpc) is 2.87. The van der Waals surface area contributed by atoms with Gasteiger partial charge < -0.3 is 15.4 Å². The van der Waals surface area contributed by atoms with E-state index in [1.165, 1.54) is 6.42 Å². The first-order valence-corrected chi connectivity index (χ1v) is 7.35. The first-order chi connectivity index (χ1) is 9.83. The fraction of sp³-hybridized carbons (Fsp3) is 0.769. The number of carbonyl (C=O) groups is 1. The van der Waals surface area contributed by atoms with Crippen LogP contribution >= 0.6 is 0 Å². The van der Waals surface area contributed by atoms with Crippen molar-refractivity contribution >= 4 is 5.91 Å². The Kier molecular flexibility index (Phi) is 4.27. The minimum absolute atomic E-state index is 0.153. The molecule has 7 nitrogen and oxygen atoms in total. The van der Waals surface area contributed by atoms with Crippen LogP contribution in [-0.2, 0) is 4.74 Å². The molecule has 1 unspecified atom stereocenters. The number of aromatic nitrogens is 3. The second-order valence-electron chi connectivity index (χ2n) is 5.43. The third-order valence-electron chi connectivity index (χ3n) is 3.90. The summed E-state index contributed by atoms with van der Waals surface area (Å²) < 4.78 is 7.39. The topological polar surface area (TPSA) is 81.1 Å². The summed E-state index contributed by atoms with van der Waals surface area (Å²) >= 11 is 0. The Morgan fingerprint density at radius 1 is 1.50 bits per heavy atom. The lowest BCUT2D eigenvalue weighted by molar-refractivity contribution is 0.0117. The highest BCUT2D eigenvalue weighted by Gasteiger charge is 2.21.